The maximum atomic E-state index is 13.6. The van der Waals surface area contributed by atoms with Crippen molar-refractivity contribution in [3.63, 3.8) is 0 Å². The Morgan fingerprint density at radius 2 is 1.76 bits per heavy atom. The van der Waals surface area contributed by atoms with Crippen molar-refractivity contribution in [2.24, 2.45) is 0 Å². The monoisotopic (exact) mass is 599 g/mol. The molecule has 15 heteroatoms. The average molecular weight is 600 g/mol. The number of ether oxygens (including phenoxy) is 2. The van der Waals surface area contributed by atoms with Gasteiger partial charge in [0.05, 0.1) is 29.3 Å². The average Bonchev–Trinajstić information content (AvgIpc) is 3.35. The van der Waals surface area contributed by atoms with Crippen molar-refractivity contribution in [2.75, 3.05) is 24.1 Å². The molecule has 0 aliphatic carbocycles. The standard InChI is InChI=1S/C21H14F5NO3S.C5H8N2O3/c22-16-8-14(9-17(23)12-16)13-4-5-20-19(10-13)27(6-7-30-20)31(28,29)18-3-1-2-15(11-18)21(24,25)26;1-2-3-9-4-6-5(8)10-7-4/h1-5,8-12H,6-7H2;2-3H2,1H3,(H,6,7,8). The summed E-state index contributed by atoms with van der Waals surface area (Å²) in [7, 11) is -4.37. The Morgan fingerprint density at radius 3 is 2.39 bits per heavy atom. The third-order valence-electron chi connectivity index (χ3n) is 5.59. The highest BCUT2D eigenvalue weighted by Crippen LogP contribution is 2.39. The van der Waals surface area contributed by atoms with E-state index in [9.17, 15) is 35.2 Å². The number of hydrogen-bond acceptors (Lipinski definition) is 7. The van der Waals surface area contributed by atoms with Crippen LogP contribution in [0.2, 0.25) is 0 Å². The van der Waals surface area contributed by atoms with E-state index in [2.05, 4.69) is 14.7 Å². The van der Waals surface area contributed by atoms with Crippen LogP contribution in [0.1, 0.15) is 18.9 Å². The maximum absolute atomic E-state index is 13.6. The van der Waals surface area contributed by atoms with Gasteiger partial charge in [0.1, 0.15) is 24.0 Å². The first-order valence-corrected chi connectivity index (χ1v) is 13.4. The van der Waals surface area contributed by atoms with Crippen LogP contribution in [0.25, 0.3) is 11.1 Å². The molecule has 0 fully saturated rings. The fraction of sp³-hybridized carbons (Fsp3) is 0.231. The van der Waals surface area contributed by atoms with Crippen molar-refractivity contribution < 1.29 is 44.4 Å². The Hall–Kier alpha value is -4.40. The highest BCUT2D eigenvalue weighted by molar-refractivity contribution is 7.92. The lowest BCUT2D eigenvalue weighted by Gasteiger charge is -2.31. The largest absolute Gasteiger partial charge is 0.489 e. The summed E-state index contributed by atoms with van der Waals surface area (Å²) in [4.78, 5) is 12.0. The Labute approximate surface area is 230 Å². The van der Waals surface area contributed by atoms with Gasteiger partial charge in [-0.05, 0) is 65.2 Å². The van der Waals surface area contributed by atoms with Crippen LogP contribution >= 0.6 is 0 Å². The van der Waals surface area contributed by atoms with Gasteiger partial charge in [-0.3, -0.25) is 8.83 Å². The van der Waals surface area contributed by atoms with E-state index in [1.807, 2.05) is 6.92 Å². The number of anilines is 1. The van der Waals surface area contributed by atoms with E-state index in [0.29, 0.717) is 24.3 Å². The van der Waals surface area contributed by atoms with Crippen molar-refractivity contribution in [2.45, 2.75) is 24.4 Å². The van der Waals surface area contributed by atoms with E-state index in [-0.39, 0.29) is 36.2 Å². The molecule has 4 aromatic rings. The first-order chi connectivity index (χ1) is 19.4. The molecule has 1 aliphatic rings. The number of nitrogens with zero attached hydrogens (tertiary/aromatic N) is 2. The number of H-pyrrole nitrogens is 1. The maximum Gasteiger partial charge on any atom is 0.441 e. The fourth-order valence-corrected chi connectivity index (χ4v) is 5.28. The van der Waals surface area contributed by atoms with E-state index < -0.39 is 44.0 Å². The highest BCUT2D eigenvalue weighted by Gasteiger charge is 2.35. The number of hydrogen-bond donors (Lipinski definition) is 1. The molecule has 9 nitrogen and oxygen atoms in total. The van der Waals surface area contributed by atoms with E-state index in [1.54, 1.807) is 0 Å². The molecule has 1 aromatic heterocycles. The summed E-state index contributed by atoms with van der Waals surface area (Å²) in [5, 5.41) is 3.29. The normalized spacial score (nSPS) is 13.1. The smallest absolute Gasteiger partial charge is 0.441 e. The molecular weight excluding hydrogens is 577 g/mol. The number of sulfonamides is 1. The number of nitrogens with one attached hydrogen (secondary N) is 1. The number of alkyl halides is 3. The molecule has 1 N–H and O–H groups in total. The van der Waals surface area contributed by atoms with Gasteiger partial charge in [-0.25, -0.2) is 27.0 Å². The summed E-state index contributed by atoms with van der Waals surface area (Å²) < 4.78 is 108. The van der Waals surface area contributed by atoms with E-state index in [1.165, 1.54) is 18.2 Å². The third-order valence-corrected chi connectivity index (χ3v) is 7.40. The zero-order valence-electron chi connectivity index (χ0n) is 21.2. The summed E-state index contributed by atoms with van der Waals surface area (Å²) in [5.74, 6) is -2.02. The molecule has 0 bridgehead atoms. The van der Waals surface area contributed by atoms with Crippen molar-refractivity contribution in [3.8, 4) is 22.9 Å². The van der Waals surface area contributed by atoms with Gasteiger partial charge in [-0.15, -0.1) is 0 Å². The second-order valence-electron chi connectivity index (χ2n) is 8.54. The van der Waals surface area contributed by atoms with E-state index in [4.69, 9.17) is 9.47 Å². The summed E-state index contributed by atoms with van der Waals surface area (Å²) in [6.45, 7) is 2.33. The van der Waals surface area contributed by atoms with Crippen molar-refractivity contribution in [1.29, 1.82) is 0 Å². The highest BCUT2D eigenvalue weighted by atomic mass is 32.2. The second kappa shape index (κ2) is 12.0. The molecule has 41 heavy (non-hydrogen) atoms. The topological polar surface area (TPSA) is 115 Å². The molecule has 0 atom stereocenters. The van der Waals surface area contributed by atoms with Gasteiger partial charge in [0.15, 0.2) is 0 Å². The summed E-state index contributed by atoms with van der Waals surface area (Å²) in [6, 6.07) is 10.8. The van der Waals surface area contributed by atoms with Crippen LogP contribution in [0, 0.1) is 11.6 Å². The van der Waals surface area contributed by atoms with Crippen LogP contribution in [0.5, 0.6) is 11.8 Å². The van der Waals surface area contributed by atoms with Crippen LogP contribution in [0.15, 0.2) is 74.9 Å². The predicted molar refractivity (Wildman–Crippen MR) is 136 cm³/mol. The van der Waals surface area contributed by atoms with Crippen molar-refractivity contribution in [3.05, 3.63) is 88.4 Å². The number of fused-ring (bicyclic) bond motifs is 1. The van der Waals surface area contributed by atoms with Gasteiger partial charge >= 0.3 is 17.9 Å². The van der Waals surface area contributed by atoms with Gasteiger partial charge in [-0.2, -0.15) is 13.2 Å². The minimum Gasteiger partial charge on any atom is -0.489 e. The Bertz CT molecular complexity index is 1670. The Balaban J connectivity index is 0.000000328. The van der Waals surface area contributed by atoms with Crippen LogP contribution in [-0.4, -0.2) is 38.3 Å². The lowest BCUT2D eigenvalue weighted by molar-refractivity contribution is -0.137. The van der Waals surface area contributed by atoms with Crippen molar-refractivity contribution >= 4 is 15.7 Å². The summed E-state index contributed by atoms with van der Waals surface area (Å²) in [5.41, 5.74) is -0.550. The zero-order chi connectivity index (χ0) is 29.8. The molecule has 218 valence electrons. The second-order valence-corrected chi connectivity index (χ2v) is 10.4. The summed E-state index contributed by atoms with van der Waals surface area (Å²) >= 11 is 0. The third kappa shape index (κ3) is 7.03. The van der Waals surface area contributed by atoms with Crippen LogP contribution < -0.4 is 19.5 Å². The predicted octanol–water partition coefficient (Wildman–Crippen LogP) is 5.39. The number of halogens is 5. The molecule has 0 radical (unpaired) electrons. The van der Waals surface area contributed by atoms with Gasteiger partial charge in [0.25, 0.3) is 10.0 Å². The van der Waals surface area contributed by atoms with Crippen LogP contribution in [0.3, 0.4) is 0 Å². The molecule has 3 aromatic carbocycles. The lowest BCUT2D eigenvalue weighted by atomic mass is 10.0. The van der Waals surface area contributed by atoms with Crippen LogP contribution in [-0.2, 0) is 16.2 Å². The lowest BCUT2D eigenvalue weighted by Crippen LogP contribution is -2.38. The van der Waals surface area contributed by atoms with Gasteiger partial charge in [-0.1, -0.05) is 19.1 Å². The number of aromatic amines is 1. The van der Waals surface area contributed by atoms with Gasteiger partial charge in [0, 0.05) is 6.07 Å². The first-order valence-electron chi connectivity index (χ1n) is 12.0. The SMILES string of the molecule is CCCOc1noc(=O)[nH]1.O=S(=O)(c1cccc(C(F)(F)F)c1)N1CCOc2ccc(-c3cc(F)cc(F)c3)cc21. The zero-order valence-corrected chi connectivity index (χ0v) is 22.1. The molecule has 0 unspecified atom stereocenters. The molecule has 0 saturated carbocycles. The van der Waals surface area contributed by atoms with Gasteiger partial charge in [0.2, 0.25) is 0 Å². The quantitative estimate of drug-likeness (QED) is 0.296. The van der Waals surface area contributed by atoms with Crippen LogP contribution in [0.4, 0.5) is 27.6 Å². The molecule has 0 saturated heterocycles. The fourth-order valence-electron chi connectivity index (χ4n) is 3.78. The minimum atomic E-state index is -4.71. The number of benzene rings is 3. The number of rotatable bonds is 6. The van der Waals surface area contributed by atoms with E-state index >= 15 is 0 Å². The number of aromatic nitrogens is 2. The van der Waals surface area contributed by atoms with E-state index in [0.717, 1.165) is 41.1 Å². The molecular formula is C26H22F5N3O6S. The molecule has 0 amide bonds. The summed E-state index contributed by atoms with van der Waals surface area (Å²) in [6.07, 6.45) is -3.84. The molecule has 0 spiro atoms. The minimum absolute atomic E-state index is 0.0148. The molecule has 1 aliphatic heterocycles. The first kappa shape index (κ1) is 29.6. The van der Waals surface area contributed by atoms with Crippen molar-refractivity contribution in [1.82, 2.24) is 10.1 Å². The molecule has 5 rings (SSSR count). The Morgan fingerprint density at radius 1 is 1.02 bits per heavy atom. The molecule has 2 heterocycles. The Kier molecular flexibility index (Phi) is 8.66. The van der Waals surface area contributed by atoms with Gasteiger partial charge < -0.3 is 9.47 Å².